The minimum atomic E-state index is -0.415. The highest BCUT2D eigenvalue weighted by Gasteiger charge is 2.31. The van der Waals surface area contributed by atoms with Crippen molar-refractivity contribution < 1.29 is 9.72 Å². The van der Waals surface area contributed by atoms with Crippen LogP contribution in [0.15, 0.2) is 48.5 Å². The molecule has 0 saturated carbocycles. The fourth-order valence-corrected chi connectivity index (χ4v) is 3.12. The van der Waals surface area contributed by atoms with Crippen molar-refractivity contribution >= 4 is 11.6 Å². The first kappa shape index (κ1) is 17.6. The van der Waals surface area contributed by atoms with Crippen LogP contribution in [0.2, 0.25) is 0 Å². The molecule has 1 fully saturated rings. The Labute approximate surface area is 151 Å². The lowest BCUT2D eigenvalue weighted by atomic mass is 10.1. The molecule has 2 aromatic rings. The molecule has 7 nitrogen and oxygen atoms in total. The van der Waals surface area contributed by atoms with Crippen molar-refractivity contribution in [1.82, 2.24) is 10.2 Å². The molecule has 0 radical (unpaired) electrons. The van der Waals surface area contributed by atoms with Crippen molar-refractivity contribution in [2.45, 2.75) is 25.6 Å². The van der Waals surface area contributed by atoms with Crippen LogP contribution in [0, 0.1) is 21.4 Å². The molecule has 2 aromatic carbocycles. The second-order valence-corrected chi connectivity index (χ2v) is 6.18. The Morgan fingerprint density at radius 2 is 2.08 bits per heavy atom. The summed E-state index contributed by atoms with van der Waals surface area (Å²) in [7, 11) is 0. The predicted molar refractivity (Wildman–Crippen MR) is 94.9 cm³/mol. The van der Waals surface area contributed by atoms with Crippen LogP contribution < -0.4 is 5.32 Å². The van der Waals surface area contributed by atoms with Crippen LogP contribution in [0.5, 0.6) is 0 Å². The van der Waals surface area contributed by atoms with E-state index in [9.17, 15) is 14.9 Å². The molecular weight excluding hydrogens is 332 g/mol. The number of carbonyl (C=O) groups is 1. The Morgan fingerprint density at radius 3 is 2.85 bits per heavy atom. The van der Waals surface area contributed by atoms with Crippen LogP contribution in [0.3, 0.4) is 0 Å². The first-order valence-corrected chi connectivity index (χ1v) is 8.32. The van der Waals surface area contributed by atoms with Crippen molar-refractivity contribution in [3.63, 3.8) is 0 Å². The first-order valence-electron chi connectivity index (χ1n) is 8.32. The Morgan fingerprint density at radius 1 is 1.27 bits per heavy atom. The van der Waals surface area contributed by atoms with E-state index in [1.54, 1.807) is 41.3 Å². The fraction of sp³-hybridized carbons (Fsp3) is 0.263. The van der Waals surface area contributed by atoms with E-state index in [0.29, 0.717) is 30.6 Å². The van der Waals surface area contributed by atoms with Crippen LogP contribution in [0.1, 0.15) is 23.1 Å². The van der Waals surface area contributed by atoms with Gasteiger partial charge in [0.25, 0.3) is 5.69 Å². The zero-order chi connectivity index (χ0) is 18.5. The highest BCUT2D eigenvalue weighted by molar-refractivity contribution is 5.84. The third kappa shape index (κ3) is 3.87. The second-order valence-electron chi connectivity index (χ2n) is 6.18. The molecule has 0 spiro atoms. The van der Waals surface area contributed by atoms with Crippen LogP contribution >= 0.6 is 0 Å². The first-order chi connectivity index (χ1) is 12.6. The summed E-state index contributed by atoms with van der Waals surface area (Å²) >= 11 is 0. The van der Waals surface area contributed by atoms with E-state index in [1.165, 1.54) is 6.07 Å². The van der Waals surface area contributed by atoms with Gasteiger partial charge in [0.1, 0.15) is 0 Å². The number of nitriles is 1. The topological polar surface area (TPSA) is 99.3 Å². The minimum Gasteiger partial charge on any atom is -0.337 e. The van der Waals surface area contributed by atoms with Crippen LogP contribution in [-0.2, 0) is 17.9 Å². The summed E-state index contributed by atoms with van der Waals surface area (Å²) in [6, 6.07) is 15.5. The molecule has 1 saturated heterocycles. The van der Waals surface area contributed by atoms with E-state index in [4.69, 9.17) is 5.26 Å². The van der Waals surface area contributed by atoms with Gasteiger partial charge in [-0.1, -0.05) is 30.3 Å². The quantitative estimate of drug-likeness (QED) is 0.637. The number of nitrogens with one attached hydrogen (secondary N) is 1. The van der Waals surface area contributed by atoms with Crippen LogP contribution in [-0.4, -0.2) is 28.3 Å². The molecule has 0 unspecified atom stereocenters. The Hall–Kier alpha value is -3.24. The van der Waals surface area contributed by atoms with Gasteiger partial charge in [0.15, 0.2) is 0 Å². The molecule has 1 N–H and O–H groups in total. The number of nitro benzene ring substituents is 1. The zero-order valence-corrected chi connectivity index (χ0v) is 14.1. The van der Waals surface area contributed by atoms with Gasteiger partial charge in [-0.2, -0.15) is 5.26 Å². The number of likely N-dealkylation sites (tertiary alicyclic amines) is 1. The summed E-state index contributed by atoms with van der Waals surface area (Å²) in [4.78, 5) is 25.0. The number of nitrogens with zero attached hydrogens (tertiary/aromatic N) is 3. The summed E-state index contributed by atoms with van der Waals surface area (Å²) in [6.07, 6.45) is 0.650. The maximum absolute atomic E-state index is 12.6. The standard InChI is InChI=1S/C19H18N4O3/c20-11-14-4-3-5-15(10-14)13-22-9-8-17(19(22)24)21-12-16-6-1-2-7-18(16)23(25)26/h1-7,10,17,21H,8-9,12-13H2/t17-/m0/s1. The van der Waals surface area contributed by atoms with Gasteiger partial charge in [-0.3, -0.25) is 14.9 Å². The third-order valence-corrected chi connectivity index (χ3v) is 4.45. The van der Waals surface area contributed by atoms with Gasteiger partial charge in [0, 0.05) is 31.3 Å². The average Bonchev–Trinajstić information content (AvgIpc) is 3.00. The average molecular weight is 350 g/mol. The van der Waals surface area contributed by atoms with E-state index in [0.717, 1.165) is 5.56 Å². The van der Waals surface area contributed by atoms with Crippen molar-refractivity contribution in [2.75, 3.05) is 6.54 Å². The molecule has 1 amide bonds. The van der Waals surface area contributed by atoms with E-state index < -0.39 is 4.92 Å². The van der Waals surface area contributed by atoms with Crippen molar-refractivity contribution in [2.24, 2.45) is 0 Å². The zero-order valence-electron chi connectivity index (χ0n) is 14.1. The van der Waals surface area contributed by atoms with Gasteiger partial charge in [0.05, 0.1) is 22.6 Å². The maximum atomic E-state index is 12.6. The number of hydrogen-bond donors (Lipinski definition) is 1. The monoisotopic (exact) mass is 350 g/mol. The summed E-state index contributed by atoms with van der Waals surface area (Å²) in [6.45, 7) is 1.34. The summed E-state index contributed by atoms with van der Waals surface area (Å²) in [5, 5.41) is 23.2. The van der Waals surface area contributed by atoms with Crippen molar-refractivity contribution in [3.05, 3.63) is 75.3 Å². The van der Waals surface area contributed by atoms with Crippen molar-refractivity contribution in [1.29, 1.82) is 5.26 Å². The molecule has 1 heterocycles. The number of hydrogen-bond acceptors (Lipinski definition) is 5. The Balaban J connectivity index is 1.61. The number of benzene rings is 2. The normalized spacial score (nSPS) is 16.5. The highest BCUT2D eigenvalue weighted by Crippen LogP contribution is 2.20. The highest BCUT2D eigenvalue weighted by atomic mass is 16.6. The van der Waals surface area contributed by atoms with E-state index in [-0.39, 0.29) is 24.2 Å². The lowest BCUT2D eigenvalue weighted by molar-refractivity contribution is -0.385. The molecule has 0 bridgehead atoms. The van der Waals surface area contributed by atoms with E-state index in [2.05, 4.69) is 11.4 Å². The Bertz CT molecular complexity index is 875. The summed E-state index contributed by atoms with van der Waals surface area (Å²) in [5.41, 5.74) is 2.10. The van der Waals surface area contributed by atoms with E-state index in [1.807, 2.05) is 6.07 Å². The summed E-state index contributed by atoms with van der Waals surface area (Å²) < 4.78 is 0. The SMILES string of the molecule is N#Cc1cccc(CN2CC[C@H](NCc3ccccc3[N+](=O)[O-])C2=O)c1. The smallest absolute Gasteiger partial charge is 0.273 e. The number of carbonyl (C=O) groups excluding carboxylic acids is 1. The van der Waals surface area contributed by atoms with Gasteiger partial charge < -0.3 is 10.2 Å². The molecule has 0 aliphatic carbocycles. The lowest BCUT2D eigenvalue weighted by Crippen LogP contribution is -2.37. The van der Waals surface area contributed by atoms with E-state index >= 15 is 0 Å². The van der Waals surface area contributed by atoms with Crippen LogP contribution in [0.25, 0.3) is 0 Å². The number of para-hydroxylation sites is 1. The third-order valence-electron chi connectivity index (χ3n) is 4.45. The molecule has 1 aliphatic rings. The molecule has 3 rings (SSSR count). The second kappa shape index (κ2) is 7.76. The van der Waals surface area contributed by atoms with Gasteiger partial charge in [-0.25, -0.2) is 0 Å². The van der Waals surface area contributed by atoms with Gasteiger partial charge in [0.2, 0.25) is 5.91 Å². The molecule has 0 aromatic heterocycles. The largest absolute Gasteiger partial charge is 0.337 e. The van der Waals surface area contributed by atoms with Gasteiger partial charge >= 0.3 is 0 Å². The molecule has 1 aliphatic heterocycles. The molecule has 26 heavy (non-hydrogen) atoms. The molecule has 7 heteroatoms. The van der Waals surface area contributed by atoms with Gasteiger partial charge in [-0.05, 0) is 24.1 Å². The number of nitro groups is 1. The maximum Gasteiger partial charge on any atom is 0.273 e. The van der Waals surface area contributed by atoms with Crippen molar-refractivity contribution in [3.8, 4) is 6.07 Å². The molecular formula is C19H18N4O3. The summed E-state index contributed by atoms with van der Waals surface area (Å²) in [5.74, 6) is -0.0223. The lowest BCUT2D eigenvalue weighted by Gasteiger charge is -2.17. The van der Waals surface area contributed by atoms with Crippen LogP contribution in [0.4, 0.5) is 5.69 Å². The molecule has 132 valence electrons. The Kier molecular flexibility index (Phi) is 5.25. The minimum absolute atomic E-state index is 0.0223. The fourth-order valence-electron chi connectivity index (χ4n) is 3.12. The number of rotatable bonds is 6. The van der Waals surface area contributed by atoms with Gasteiger partial charge in [-0.15, -0.1) is 0 Å². The predicted octanol–water partition coefficient (Wildman–Crippen LogP) is 2.36. The number of amides is 1. The molecule has 1 atom stereocenters.